The number of fused-ring (bicyclic) bond motifs is 3. The number of nitriles is 1. The van der Waals surface area contributed by atoms with E-state index in [4.69, 9.17) is 9.68 Å². The molecule has 0 atom stereocenters. The van der Waals surface area contributed by atoms with Gasteiger partial charge in [-0.15, -0.1) is 0 Å². The molecule has 2 aromatic carbocycles. The summed E-state index contributed by atoms with van der Waals surface area (Å²) in [6.45, 7) is 1.52. The summed E-state index contributed by atoms with van der Waals surface area (Å²) in [4.78, 5) is 0.418. The minimum atomic E-state index is -3.63. The van der Waals surface area contributed by atoms with E-state index in [1.165, 1.54) is 24.3 Å². The van der Waals surface area contributed by atoms with Gasteiger partial charge >= 0.3 is 0 Å². The van der Waals surface area contributed by atoms with Crippen LogP contribution >= 0.6 is 0 Å². The molecule has 0 fully saturated rings. The Labute approximate surface area is 139 Å². The lowest BCUT2D eigenvalue weighted by Gasteiger charge is -2.11. The van der Waals surface area contributed by atoms with Crippen LogP contribution in [0.2, 0.25) is 0 Å². The standard InChI is InChI=1S/C18H14N2O3S/c19-10-12-1-3-13(4-2-12)24(21,22)14-5-6-17-16(9-14)15-7-8-20-11-18(15)23-17/h1-6,9,20H,7-8,11H2. The molecule has 0 spiro atoms. The molecule has 0 radical (unpaired) electrons. The minimum Gasteiger partial charge on any atom is -0.459 e. The first-order chi connectivity index (χ1) is 11.6. The summed E-state index contributed by atoms with van der Waals surface area (Å²) in [5.74, 6) is 0.879. The monoisotopic (exact) mass is 338 g/mol. The smallest absolute Gasteiger partial charge is 0.206 e. The highest BCUT2D eigenvalue weighted by Crippen LogP contribution is 2.31. The number of sulfone groups is 1. The molecule has 3 aromatic rings. The van der Waals surface area contributed by atoms with Crippen molar-refractivity contribution in [1.29, 1.82) is 5.26 Å². The first kappa shape index (κ1) is 14.9. The molecule has 5 nitrogen and oxygen atoms in total. The first-order valence-corrected chi connectivity index (χ1v) is 9.08. The molecular formula is C18H14N2O3S. The highest BCUT2D eigenvalue weighted by molar-refractivity contribution is 7.91. The molecular weight excluding hydrogens is 324 g/mol. The zero-order valence-corrected chi connectivity index (χ0v) is 13.6. The van der Waals surface area contributed by atoms with Gasteiger partial charge in [0, 0.05) is 10.9 Å². The molecule has 4 rings (SSSR count). The maximum Gasteiger partial charge on any atom is 0.206 e. The van der Waals surface area contributed by atoms with Gasteiger partial charge in [0.05, 0.1) is 28.0 Å². The van der Waals surface area contributed by atoms with Gasteiger partial charge in [-0.3, -0.25) is 0 Å². The lowest BCUT2D eigenvalue weighted by Crippen LogP contribution is -2.22. The van der Waals surface area contributed by atoms with Crippen LogP contribution in [0.4, 0.5) is 0 Å². The number of hydrogen-bond acceptors (Lipinski definition) is 5. The molecule has 1 N–H and O–H groups in total. The molecule has 1 aliphatic rings. The SMILES string of the molecule is N#Cc1ccc(S(=O)(=O)c2ccc3oc4c(c3c2)CCNC4)cc1. The fraction of sp³-hybridized carbons (Fsp3) is 0.167. The minimum absolute atomic E-state index is 0.180. The molecule has 6 heteroatoms. The number of nitrogens with zero attached hydrogens (tertiary/aromatic N) is 1. The van der Waals surface area contributed by atoms with E-state index in [2.05, 4.69) is 5.32 Å². The van der Waals surface area contributed by atoms with Crippen molar-refractivity contribution in [1.82, 2.24) is 5.32 Å². The summed E-state index contributed by atoms with van der Waals surface area (Å²) in [7, 11) is -3.63. The van der Waals surface area contributed by atoms with E-state index in [1.54, 1.807) is 18.2 Å². The Morgan fingerprint density at radius 2 is 1.83 bits per heavy atom. The van der Waals surface area contributed by atoms with Crippen LogP contribution in [-0.4, -0.2) is 15.0 Å². The van der Waals surface area contributed by atoms with E-state index in [9.17, 15) is 8.42 Å². The van der Waals surface area contributed by atoms with Crippen LogP contribution in [0.3, 0.4) is 0 Å². The lowest BCUT2D eigenvalue weighted by atomic mass is 10.1. The number of hydrogen-bond donors (Lipinski definition) is 1. The first-order valence-electron chi connectivity index (χ1n) is 7.60. The van der Waals surface area contributed by atoms with Gasteiger partial charge in [-0.1, -0.05) is 0 Å². The van der Waals surface area contributed by atoms with Crippen LogP contribution in [-0.2, 0) is 22.8 Å². The van der Waals surface area contributed by atoms with Gasteiger partial charge in [0.15, 0.2) is 0 Å². The van der Waals surface area contributed by atoms with E-state index in [0.29, 0.717) is 17.7 Å². The summed E-state index contributed by atoms with van der Waals surface area (Å²) in [5.41, 5.74) is 2.23. The summed E-state index contributed by atoms with van der Waals surface area (Å²) in [6, 6.07) is 12.9. The largest absolute Gasteiger partial charge is 0.459 e. The molecule has 24 heavy (non-hydrogen) atoms. The molecule has 120 valence electrons. The van der Waals surface area contributed by atoms with Gasteiger partial charge in [0.1, 0.15) is 11.3 Å². The second kappa shape index (κ2) is 5.48. The Morgan fingerprint density at radius 3 is 2.58 bits per heavy atom. The lowest BCUT2D eigenvalue weighted by molar-refractivity contribution is 0.488. The Morgan fingerprint density at radius 1 is 1.08 bits per heavy atom. The quantitative estimate of drug-likeness (QED) is 0.777. The maximum absolute atomic E-state index is 12.8. The number of nitrogens with one attached hydrogen (secondary N) is 1. The third kappa shape index (κ3) is 2.30. The fourth-order valence-electron chi connectivity index (χ4n) is 3.02. The van der Waals surface area contributed by atoms with Gasteiger partial charge < -0.3 is 9.73 Å². The fourth-order valence-corrected chi connectivity index (χ4v) is 4.31. The Balaban J connectivity index is 1.84. The van der Waals surface area contributed by atoms with Gasteiger partial charge in [0.2, 0.25) is 9.84 Å². The van der Waals surface area contributed by atoms with Crippen molar-refractivity contribution >= 4 is 20.8 Å². The average Bonchev–Trinajstić information content (AvgIpc) is 2.99. The molecule has 0 saturated heterocycles. The Kier molecular flexibility index (Phi) is 3.41. The predicted octanol–water partition coefficient (Wildman–Crippen LogP) is 2.78. The molecule has 1 aliphatic heterocycles. The maximum atomic E-state index is 12.8. The molecule has 0 amide bonds. The zero-order chi connectivity index (χ0) is 16.7. The molecule has 0 bridgehead atoms. The third-order valence-electron chi connectivity index (χ3n) is 4.29. The third-order valence-corrected chi connectivity index (χ3v) is 6.05. The molecule has 1 aromatic heterocycles. The van der Waals surface area contributed by atoms with Crippen LogP contribution in [0.1, 0.15) is 16.9 Å². The van der Waals surface area contributed by atoms with Crippen LogP contribution in [0.5, 0.6) is 0 Å². The van der Waals surface area contributed by atoms with Crippen molar-refractivity contribution in [3.8, 4) is 6.07 Å². The topological polar surface area (TPSA) is 83.1 Å². The second-order valence-corrected chi connectivity index (χ2v) is 7.68. The predicted molar refractivity (Wildman–Crippen MR) is 88.2 cm³/mol. The van der Waals surface area contributed by atoms with Crippen molar-refractivity contribution in [2.45, 2.75) is 22.8 Å². The van der Waals surface area contributed by atoms with E-state index in [0.717, 1.165) is 29.7 Å². The highest BCUT2D eigenvalue weighted by atomic mass is 32.2. The number of rotatable bonds is 2. The van der Waals surface area contributed by atoms with Crippen molar-refractivity contribution in [2.24, 2.45) is 0 Å². The van der Waals surface area contributed by atoms with E-state index in [-0.39, 0.29) is 9.79 Å². The van der Waals surface area contributed by atoms with Gasteiger partial charge in [-0.2, -0.15) is 5.26 Å². The van der Waals surface area contributed by atoms with Crippen molar-refractivity contribution in [3.05, 3.63) is 59.4 Å². The average molecular weight is 338 g/mol. The zero-order valence-electron chi connectivity index (χ0n) is 12.7. The van der Waals surface area contributed by atoms with Crippen LogP contribution in [0, 0.1) is 11.3 Å². The van der Waals surface area contributed by atoms with Gasteiger partial charge in [-0.05, 0) is 55.4 Å². The number of furan rings is 1. The van der Waals surface area contributed by atoms with E-state index in [1.807, 2.05) is 6.07 Å². The van der Waals surface area contributed by atoms with Crippen LogP contribution < -0.4 is 5.32 Å². The highest BCUT2D eigenvalue weighted by Gasteiger charge is 2.22. The molecule has 0 unspecified atom stereocenters. The molecule has 2 heterocycles. The Hall–Kier alpha value is -2.62. The normalized spacial score (nSPS) is 14.3. The van der Waals surface area contributed by atoms with Crippen molar-refractivity contribution in [3.63, 3.8) is 0 Å². The van der Waals surface area contributed by atoms with Gasteiger partial charge in [0.25, 0.3) is 0 Å². The summed E-state index contributed by atoms with van der Waals surface area (Å²) < 4.78 is 31.5. The number of benzene rings is 2. The summed E-state index contributed by atoms with van der Waals surface area (Å²) >= 11 is 0. The summed E-state index contributed by atoms with van der Waals surface area (Å²) in [6.07, 6.45) is 0.822. The second-order valence-electron chi connectivity index (χ2n) is 5.73. The van der Waals surface area contributed by atoms with Crippen molar-refractivity contribution < 1.29 is 12.8 Å². The van der Waals surface area contributed by atoms with Crippen molar-refractivity contribution in [2.75, 3.05) is 6.54 Å². The molecule has 0 saturated carbocycles. The molecule has 0 aliphatic carbocycles. The van der Waals surface area contributed by atoms with Crippen LogP contribution in [0.15, 0.2) is 56.7 Å². The summed E-state index contributed by atoms with van der Waals surface area (Å²) in [5, 5.41) is 12.9. The van der Waals surface area contributed by atoms with E-state index < -0.39 is 9.84 Å². The Bertz CT molecular complexity index is 1070. The van der Waals surface area contributed by atoms with E-state index >= 15 is 0 Å². The van der Waals surface area contributed by atoms with Crippen LogP contribution in [0.25, 0.3) is 11.0 Å². The van der Waals surface area contributed by atoms with Gasteiger partial charge in [-0.25, -0.2) is 8.42 Å².